The minimum atomic E-state index is -1.75. The van der Waals surface area contributed by atoms with Gasteiger partial charge < -0.3 is 8.23 Å². The molecular weight excluding hydrogens is 240 g/mol. The predicted octanol–water partition coefficient (Wildman–Crippen LogP) is -0.924. The van der Waals surface area contributed by atoms with Crippen LogP contribution in [0.5, 0.6) is 0 Å². The maximum absolute atomic E-state index is 5.87. The summed E-state index contributed by atoms with van der Waals surface area (Å²) in [4.78, 5) is 0. The van der Waals surface area contributed by atoms with Gasteiger partial charge in [-0.05, 0) is 38.0 Å². The Labute approximate surface area is 95.1 Å². The molecule has 0 N–H and O–H groups in total. The summed E-state index contributed by atoms with van der Waals surface area (Å²) in [6, 6.07) is 0. The van der Waals surface area contributed by atoms with Gasteiger partial charge in [0.05, 0.1) is 0 Å². The van der Waals surface area contributed by atoms with Crippen molar-refractivity contribution in [3.8, 4) is 22.9 Å². The Morgan fingerprint density at radius 1 is 1.29 bits per heavy atom. The second kappa shape index (κ2) is 7.23. The van der Waals surface area contributed by atoms with E-state index >= 15 is 0 Å². The average Bonchev–Trinajstić information content (AvgIpc) is 2.01. The van der Waals surface area contributed by atoms with Crippen LogP contribution in [0.1, 0.15) is 0 Å². The van der Waals surface area contributed by atoms with Crippen molar-refractivity contribution in [1.29, 1.82) is 0 Å². The molecule has 0 aromatic rings. The molecular formula is C8H18O2Si4. The summed E-state index contributed by atoms with van der Waals surface area (Å²) in [5.74, 6) is 5.72. The Morgan fingerprint density at radius 3 is 2.43 bits per heavy atom. The van der Waals surface area contributed by atoms with Crippen molar-refractivity contribution >= 4 is 37.6 Å². The Kier molecular flexibility index (Phi) is 7.18. The first kappa shape index (κ1) is 13.9. The molecule has 0 saturated carbocycles. The van der Waals surface area contributed by atoms with E-state index in [9.17, 15) is 0 Å². The van der Waals surface area contributed by atoms with E-state index < -0.39 is 27.1 Å². The van der Waals surface area contributed by atoms with Gasteiger partial charge >= 0.3 is 0 Å². The third-order valence-electron chi connectivity index (χ3n) is 1.26. The van der Waals surface area contributed by atoms with E-state index in [-0.39, 0.29) is 0 Å². The molecule has 0 radical (unpaired) electrons. The maximum Gasteiger partial charge on any atom is 0.257 e. The third kappa shape index (κ3) is 8.50. The van der Waals surface area contributed by atoms with Crippen molar-refractivity contribution in [3.63, 3.8) is 0 Å². The van der Waals surface area contributed by atoms with Crippen LogP contribution in [0.2, 0.25) is 26.2 Å². The molecule has 0 heterocycles. The summed E-state index contributed by atoms with van der Waals surface area (Å²) >= 11 is 0. The quantitative estimate of drug-likeness (QED) is 0.481. The lowest BCUT2D eigenvalue weighted by atomic mass is 10.7. The standard InChI is InChI=1S/C8H18O2Si4/c1-13(2)10-14(3,4)8-6-5-7-12-9-11/h13H,12H2,1-4,11H3. The van der Waals surface area contributed by atoms with Crippen LogP contribution in [0, 0.1) is 22.9 Å². The number of hydrogen-bond acceptors (Lipinski definition) is 2. The molecule has 14 heavy (non-hydrogen) atoms. The van der Waals surface area contributed by atoms with Crippen LogP contribution in [-0.4, -0.2) is 37.6 Å². The topological polar surface area (TPSA) is 18.5 Å². The van der Waals surface area contributed by atoms with E-state index in [2.05, 4.69) is 49.1 Å². The Hall–Kier alpha value is -0.0925. The minimum absolute atomic E-state index is 0.583. The van der Waals surface area contributed by atoms with Gasteiger partial charge in [-0.2, -0.15) is 0 Å². The van der Waals surface area contributed by atoms with Crippen molar-refractivity contribution in [2.75, 3.05) is 0 Å². The highest BCUT2D eigenvalue weighted by Gasteiger charge is 2.20. The summed E-state index contributed by atoms with van der Waals surface area (Å²) < 4.78 is 10.9. The molecule has 78 valence electrons. The average molecular weight is 259 g/mol. The van der Waals surface area contributed by atoms with E-state index in [1.54, 1.807) is 0 Å². The number of rotatable bonds is 3. The largest absolute Gasteiger partial charge is 0.459 e. The fourth-order valence-electron chi connectivity index (χ4n) is 0.953. The van der Waals surface area contributed by atoms with Crippen LogP contribution in [0.3, 0.4) is 0 Å². The fraction of sp³-hybridized carbons (Fsp3) is 0.500. The van der Waals surface area contributed by atoms with Crippen molar-refractivity contribution in [2.24, 2.45) is 0 Å². The highest BCUT2D eigenvalue weighted by Crippen LogP contribution is 2.03. The molecule has 0 spiro atoms. The van der Waals surface area contributed by atoms with E-state index in [1.165, 1.54) is 0 Å². The van der Waals surface area contributed by atoms with Gasteiger partial charge in [0.1, 0.15) is 10.5 Å². The number of hydrogen-bond donors (Lipinski definition) is 0. The monoisotopic (exact) mass is 258 g/mol. The summed E-state index contributed by atoms with van der Waals surface area (Å²) in [7, 11) is -2.49. The van der Waals surface area contributed by atoms with Gasteiger partial charge in [-0.15, -0.1) is 0 Å². The highest BCUT2D eigenvalue weighted by molar-refractivity contribution is 6.84. The van der Waals surface area contributed by atoms with Crippen LogP contribution >= 0.6 is 0 Å². The highest BCUT2D eigenvalue weighted by atomic mass is 28.4. The molecule has 0 aliphatic heterocycles. The van der Waals surface area contributed by atoms with Gasteiger partial charge in [-0.1, -0.05) is 11.1 Å². The van der Waals surface area contributed by atoms with Crippen molar-refractivity contribution < 1.29 is 8.23 Å². The molecule has 2 nitrogen and oxygen atoms in total. The zero-order valence-electron chi connectivity index (χ0n) is 9.60. The molecule has 0 aliphatic rings. The van der Waals surface area contributed by atoms with Gasteiger partial charge in [0.2, 0.25) is 9.76 Å². The van der Waals surface area contributed by atoms with E-state index in [0.717, 1.165) is 10.5 Å². The maximum atomic E-state index is 5.87. The van der Waals surface area contributed by atoms with Crippen LogP contribution in [0.25, 0.3) is 0 Å². The van der Waals surface area contributed by atoms with Crippen molar-refractivity contribution in [1.82, 2.24) is 0 Å². The first-order valence-corrected chi connectivity index (χ1v) is 12.4. The van der Waals surface area contributed by atoms with Gasteiger partial charge in [-0.3, -0.25) is 0 Å². The molecule has 0 bridgehead atoms. The van der Waals surface area contributed by atoms with Gasteiger partial charge in [-0.25, -0.2) is 0 Å². The molecule has 0 aromatic carbocycles. The molecule has 0 amide bonds. The minimum Gasteiger partial charge on any atom is -0.459 e. The first-order chi connectivity index (χ1) is 6.48. The van der Waals surface area contributed by atoms with Crippen LogP contribution in [-0.2, 0) is 8.23 Å². The molecule has 0 rings (SSSR count). The third-order valence-corrected chi connectivity index (χ3v) is 7.71. The molecule has 0 unspecified atom stereocenters. The molecule has 0 fully saturated rings. The van der Waals surface area contributed by atoms with E-state index in [0.29, 0.717) is 0 Å². The SMILES string of the molecule is C[SiH](C)O[Si](C)(C)C#CC#C[SiH2]O[SiH3]. The lowest BCUT2D eigenvalue weighted by molar-refractivity contribution is 0.592. The smallest absolute Gasteiger partial charge is 0.257 e. The molecule has 0 saturated heterocycles. The lowest BCUT2D eigenvalue weighted by Crippen LogP contribution is -2.33. The lowest BCUT2D eigenvalue weighted by Gasteiger charge is -2.18. The molecule has 0 aromatic heterocycles. The van der Waals surface area contributed by atoms with Gasteiger partial charge in [0.15, 0.2) is 9.04 Å². The normalized spacial score (nSPS) is 11.2. The van der Waals surface area contributed by atoms with Gasteiger partial charge in [0.25, 0.3) is 8.32 Å². The van der Waals surface area contributed by atoms with Crippen molar-refractivity contribution in [2.45, 2.75) is 26.2 Å². The van der Waals surface area contributed by atoms with Gasteiger partial charge in [0, 0.05) is 0 Å². The predicted molar refractivity (Wildman–Crippen MR) is 72.6 cm³/mol. The summed E-state index contributed by atoms with van der Waals surface area (Å²) in [6.07, 6.45) is 0. The Morgan fingerprint density at radius 2 is 1.93 bits per heavy atom. The van der Waals surface area contributed by atoms with E-state index in [1.807, 2.05) is 0 Å². The molecule has 6 heteroatoms. The second-order valence-electron chi connectivity index (χ2n) is 3.66. The zero-order valence-corrected chi connectivity index (χ0v) is 15.2. The Balaban J connectivity index is 4.14. The molecule has 0 aliphatic carbocycles. The summed E-state index contributed by atoms with van der Waals surface area (Å²) in [5, 5.41) is 0. The Bertz CT molecular complexity index is 279. The second-order valence-corrected chi connectivity index (χ2v) is 12.9. The summed E-state index contributed by atoms with van der Waals surface area (Å²) in [5.41, 5.74) is 6.12. The van der Waals surface area contributed by atoms with Crippen LogP contribution in [0.15, 0.2) is 0 Å². The fourth-order valence-corrected chi connectivity index (χ4v) is 7.00. The zero-order chi connectivity index (χ0) is 11.0. The van der Waals surface area contributed by atoms with Crippen LogP contribution < -0.4 is 0 Å². The summed E-state index contributed by atoms with van der Waals surface area (Å²) in [6.45, 7) is 8.58. The first-order valence-electron chi connectivity index (χ1n) is 4.65. The van der Waals surface area contributed by atoms with Crippen molar-refractivity contribution in [3.05, 3.63) is 0 Å². The molecule has 0 atom stereocenters. The van der Waals surface area contributed by atoms with Crippen LogP contribution in [0.4, 0.5) is 0 Å². The van der Waals surface area contributed by atoms with E-state index in [4.69, 9.17) is 8.23 Å².